The van der Waals surface area contributed by atoms with Gasteiger partial charge in [-0.05, 0) is 76.2 Å². The molecule has 0 aliphatic heterocycles. The first-order valence-electron chi connectivity index (χ1n) is 15.3. The second kappa shape index (κ2) is 23.9. The maximum Gasteiger partial charge on any atom is 0.311 e. The van der Waals surface area contributed by atoms with Crippen LogP contribution in [-0.4, -0.2) is 43.6 Å². The van der Waals surface area contributed by atoms with E-state index < -0.39 is 0 Å². The van der Waals surface area contributed by atoms with Crippen molar-refractivity contribution in [2.75, 3.05) is 26.7 Å². The number of hydrogen-bond acceptors (Lipinski definition) is 5. The minimum absolute atomic E-state index is 0.192. The third kappa shape index (κ3) is 19.9. The lowest BCUT2D eigenvalue weighted by atomic mass is 10.1. The number of ether oxygens (including phenoxy) is 2. The van der Waals surface area contributed by atoms with Gasteiger partial charge in [0, 0.05) is 13.0 Å². The molecule has 0 radical (unpaired) electrons. The molecule has 216 valence electrons. The van der Waals surface area contributed by atoms with E-state index in [1.165, 1.54) is 70.6 Å². The van der Waals surface area contributed by atoms with Gasteiger partial charge >= 0.3 is 11.9 Å². The van der Waals surface area contributed by atoms with E-state index in [0.717, 1.165) is 44.3 Å². The smallest absolute Gasteiger partial charge is 0.311 e. The van der Waals surface area contributed by atoms with Crippen molar-refractivity contribution in [1.82, 2.24) is 4.90 Å². The fraction of sp³-hybridized carbons (Fsp3) is 0.697. The van der Waals surface area contributed by atoms with Crippen LogP contribution < -0.4 is 4.74 Å². The molecule has 1 aromatic rings. The highest BCUT2D eigenvalue weighted by Gasteiger charge is 2.08. The number of nitrogens with zero attached hydrogens (tertiary/aromatic N) is 1. The third-order valence-electron chi connectivity index (χ3n) is 6.70. The third-order valence-corrected chi connectivity index (χ3v) is 6.70. The average Bonchev–Trinajstić information content (AvgIpc) is 2.90. The molecule has 5 nitrogen and oxygen atoms in total. The number of carbonyl (C=O) groups excluding carboxylic acids is 2. The summed E-state index contributed by atoms with van der Waals surface area (Å²) < 4.78 is 10.8. The predicted octanol–water partition coefficient (Wildman–Crippen LogP) is 8.45. The Hall–Kier alpha value is -2.14. The molecular formula is C33H55NO4. The van der Waals surface area contributed by atoms with Gasteiger partial charge in [-0.1, -0.05) is 89.5 Å². The van der Waals surface area contributed by atoms with Gasteiger partial charge in [0.05, 0.1) is 13.0 Å². The molecule has 0 saturated carbocycles. The van der Waals surface area contributed by atoms with Gasteiger partial charge < -0.3 is 14.4 Å². The van der Waals surface area contributed by atoms with Crippen molar-refractivity contribution < 1.29 is 19.1 Å². The van der Waals surface area contributed by atoms with Crippen molar-refractivity contribution in [3.05, 3.63) is 42.0 Å². The summed E-state index contributed by atoms with van der Waals surface area (Å²) in [7, 11) is 2.08. The van der Waals surface area contributed by atoms with E-state index >= 15 is 0 Å². The molecule has 38 heavy (non-hydrogen) atoms. The molecule has 0 N–H and O–H groups in total. The van der Waals surface area contributed by atoms with Gasteiger partial charge in [0.1, 0.15) is 5.75 Å². The van der Waals surface area contributed by atoms with Crippen molar-refractivity contribution in [3.8, 4) is 5.75 Å². The van der Waals surface area contributed by atoms with E-state index in [9.17, 15) is 9.59 Å². The van der Waals surface area contributed by atoms with Crippen LogP contribution in [0, 0.1) is 0 Å². The van der Waals surface area contributed by atoms with Crippen LogP contribution in [0.1, 0.15) is 122 Å². The summed E-state index contributed by atoms with van der Waals surface area (Å²) in [5, 5.41) is 0. The summed E-state index contributed by atoms with van der Waals surface area (Å²) in [5.41, 5.74) is 0.857. The fourth-order valence-corrected chi connectivity index (χ4v) is 4.43. The zero-order valence-electron chi connectivity index (χ0n) is 24.7. The molecule has 0 saturated heterocycles. The number of rotatable bonds is 24. The SMILES string of the molecule is CCCCCCCC/C=C\CCCCCCCC(=O)Oc1ccc(CC(=O)OCCCN(C)CCC)cc1. The largest absolute Gasteiger partial charge is 0.465 e. The lowest BCUT2D eigenvalue weighted by molar-refractivity contribution is -0.143. The lowest BCUT2D eigenvalue weighted by Gasteiger charge is -2.14. The number of unbranched alkanes of at least 4 members (excludes halogenated alkanes) is 11. The number of carbonyl (C=O) groups is 2. The van der Waals surface area contributed by atoms with Gasteiger partial charge in [0.2, 0.25) is 0 Å². The van der Waals surface area contributed by atoms with Gasteiger partial charge in [0.25, 0.3) is 0 Å². The monoisotopic (exact) mass is 529 g/mol. The first kappa shape index (κ1) is 33.9. The molecule has 0 aromatic heterocycles. The van der Waals surface area contributed by atoms with Crippen LogP contribution in [0.5, 0.6) is 5.75 Å². The van der Waals surface area contributed by atoms with E-state index in [4.69, 9.17) is 9.47 Å². The zero-order valence-corrected chi connectivity index (χ0v) is 24.7. The minimum atomic E-state index is -0.225. The van der Waals surface area contributed by atoms with Crippen LogP contribution in [0.15, 0.2) is 36.4 Å². The van der Waals surface area contributed by atoms with Crippen molar-refractivity contribution in [2.45, 2.75) is 123 Å². The van der Waals surface area contributed by atoms with Crippen LogP contribution in [0.25, 0.3) is 0 Å². The van der Waals surface area contributed by atoms with Crippen molar-refractivity contribution in [2.24, 2.45) is 0 Å². The molecule has 0 bridgehead atoms. The highest BCUT2D eigenvalue weighted by Crippen LogP contribution is 2.15. The molecule has 0 aliphatic rings. The Balaban J connectivity index is 2.03. The van der Waals surface area contributed by atoms with Gasteiger partial charge in [-0.2, -0.15) is 0 Å². The van der Waals surface area contributed by atoms with Gasteiger partial charge in [-0.25, -0.2) is 0 Å². The Bertz CT molecular complexity index is 744. The predicted molar refractivity (Wildman–Crippen MR) is 159 cm³/mol. The van der Waals surface area contributed by atoms with Gasteiger partial charge in [-0.15, -0.1) is 0 Å². The average molecular weight is 530 g/mol. The highest BCUT2D eigenvalue weighted by atomic mass is 16.5. The molecule has 1 rings (SSSR count). The second-order valence-corrected chi connectivity index (χ2v) is 10.5. The molecular weight excluding hydrogens is 474 g/mol. The van der Waals surface area contributed by atoms with Crippen molar-refractivity contribution in [1.29, 1.82) is 0 Å². The van der Waals surface area contributed by atoms with Crippen molar-refractivity contribution >= 4 is 11.9 Å². The Labute approximate surface area is 233 Å². The maximum atomic E-state index is 12.1. The quantitative estimate of drug-likeness (QED) is 0.0582. The van der Waals surface area contributed by atoms with E-state index in [2.05, 4.69) is 37.9 Å². The summed E-state index contributed by atoms with van der Waals surface area (Å²) in [6.07, 6.45) is 23.4. The lowest BCUT2D eigenvalue weighted by Crippen LogP contribution is -2.22. The highest BCUT2D eigenvalue weighted by molar-refractivity contribution is 5.73. The summed E-state index contributed by atoms with van der Waals surface area (Å²) in [6, 6.07) is 7.14. The first-order valence-corrected chi connectivity index (χ1v) is 15.3. The number of allylic oxidation sites excluding steroid dienone is 2. The maximum absolute atomic E-state index is 12.1. The van der Waals surface area contributed by atoms with E-state index in [1.54, 1.807) is 12.1 Å². The van der Waals surface area contributed by atoms with Crippen LogP contribution >= 0.6 is 0 Å². The Morgan fingerprint density at radius 3 is 1.95 bits per heavy atom. The second-order valence-electron chi connectivity index (χ2n) is 10.5. The van der Waals surface area contributed by atoms with E-state index in [-0.39, 0.29) is 18.4 Å². The summed E-state index contributed by atoms with van der Waals surface area (Å²) in [5.74, 6) is 0.110. The summed E-state index contributed by atoms with van der Waals surface area (Å²) in [4.78, 5) is 26.4. The zero-order chi connectivity index (χ0) is 27.7. The number of hydrogen-bond donors (Lipinski definition) is 0. The number of esters is 2. The van der Waals surface area contributed by atoms with Gasteiger partial charge in [-0.3, -0.25) is 9.59 Å². The normalized spacial score (nSPS) is 11.4. The molecule has 0 unspecified atom stereocenters. The molecule has 0 amide bonds. The van der Waals surface area contributed by atoms with Gasteiger partial charge in [0.15, 0.2) is 0 Å². The van der Waals surface area contributed by atoms with Crippen LogP contribution in [0.4, 0.5) is 0 Å². The van der Waals surface area contributed by atoms with Crippen LogP contribution in [-0.2, 0) is 20.7 Å². The van der Waals surface area contributed by atoms with E-state index in [0.29, 0.717) is 18.8 Å². The van der Waals surface area contributed by atoms with Crippen LogP contribution in [0.2, 0.25) is 0 Å². The molecule has 0 spiro atoms. The Morgan fingerprint density at radius 2 is 1.32 bits per heavy atom. The molecule has 0 fully saturated rings. The summed E-state index contributed by atoms with van der Waals surface area (Å²) >= 11 is 0. The number of benzene rings is 1. The fourth-order valence-electron chi connectivity index (χ4n) is 4.43. The minimum Gasteiger partial charge on any atom is -0.465 e. The molecule has 0 atom stereocenters. The van der Waals surface area contributed by atoms with Crippen molar-refractivity contribution in [3.63, 3.8) is 0 Å². The van der Waals surface area contributed by atoms with E-state index in [1.807, 2.05) is 12.1 Å². The standard InChI is InChI=1S/C33H55NO4/c1-4-6-7-8-9-10-11-12-13-14-15-16-17-18-19-21-32(35)38-31-24-22-30(23-25-31)29-33(36)37-28-20-27-34(3)26-5-2/h12-13,22-25H,4-11,14-21,26-29H2,1-3H3/b13-12-. The molecule has 0 heterocycles. The Morgan fingerprint density at radius 1 is 0.711 bits per heavy atom. The summed E-state index contributed by atoms with van der Waals surface area (Å²) in [6.45, 7) is 6.85. The molecule has 1 aromatic carbocycles. The molecule has 5 heteroatoms. The first-order chi connectivity index (χ1) is 18.5. The topological polar surface area (TPSA) is 55.8 Å². The Kier molecular flexibility index (Phi) is 21.3. The van der Waals surface area contributed by atoms with Crippen LogP contribution in [0.3, 0.4) is 0 Å². The molecule has 0 aliphatic carbocycles.